The van der Waals surface area contributed by atoms with Gasteiger partial charge in [0.25, 0.3) is 0 Å². The van der Waals surface area contributed by atoms with Gasteiger partial charge in [0.05, 0.1) is 11.6 Å². The highest BCUT2D eigenvalue weighted by Gasteiger charge is 2.09. The molecule has 0 saturated heterocycles. The Morgan fingerprint density at radius 1 is 0.947 bits per heavy atom. The molecular weight excluding hydrogens is 239 g/mol. The first-order chi connectivity index (χ1) is 9.24. The summed E-state index contributed by atoms with van der Waals surface area (Å²) in [7, 11) is 0. The molecule has 1 aromatic heterocycles. The summed E-state index contributed by atoms with van der Waals surface area (Å²) in [4.78, 5) is 4.32. The average Bonchev–Trinajstić information content (AvgIpc) is 2.47. The first-order valence-corrected chi connectivity index (χ1v) is 6.10. The summed E-state index contributed by atoms with van der Waals surface area (Å²) >= 11 is 0. The van der Waals surface area contributed by atoms with E-state index in [9.17, 15) is 4.39 Å². The van der Waals surface area contributed by atoms with Crippen LogP contribution in [0.3, 0.4) is 0 Å². The van der Waals surface area contributed by atoms with Gasteiger partial charge < -0.3 is 5.73 Å². The molecule has 0 radical (unpaired) electrons. The highest BCUT2D eigenvalue weighted by Crippen LogP contribution is 2.22. The van der Waals surface area contributed by atoms with E-state index in [0.29, 0.717) is 0 Å². The summed E-state index contributed by atoms with van der Waals surface area (Å²) in [5.74, 6) is -0.254. The second-order valence-corrected chi connectivity index (χ2v) is 4.48. The van der Waals surface area contributed by atoms with Gasteiger partial charge in [0, 0.05) is 11.6 Å². The lowest BCUT2D eigenvalue weighted by Gasteiger charge is -2.13. The first kappa shape index (κ1) is 11.8. The topological polar surface area (TPSA) is 38.9 Å². The van der Waals surface area contributed by atoms with Crippen molar-refractivity contribution in [2.45, 2.75) is 6.04 Å². The molecule has 0 spiro atoms. The third-order valence-electron chi connectivity index (χ3n) is 3.22. The van der Waals surface area contributed by atoms with Crippen LogP contribution in [0.25, 0.3) is 10.9 Å². The van der Waals surface area contributed by atoms with Gasteiger partial charge >= 0.3 is 0 Å². The van der Waals surface area contributed by atoms with Crippen molar-refractivity contribution in [1.29, 1.82) is 0 Å². The van der Waals surface area contributed by atoms with Crippen LogP contribution in [0.15, 0.2) is 60.8 Å². The van der Waals surface area contributed by atoms with Crippen molar-refractivity contribution in [3.8, 4) is 0 Å². The minimum atomic E-state index is -0.271. The molecule has 0 saturated carbocycles. The van der Waals surface area contributed by atoms with Gasteiger partial charge in [-0.1, -0.05) is 30.3 Å². The molecule has 0 amide bonds. The summed E-state index contributed by atoms with van der Waals surface area (Å²) in [5.41, 5.74) is 8.98. The maximum atomic E-state index is 12.9. The molecule has 3 heteroatoms. The minimum Gasteiger partial charge on any atom is -0.320 e. The molecule has 2 aromatic carbocycles. The van der Waals surface area contributed by atoms with E-state index in [1.54, 1.807) is 18.3 Å². The maximum absolute atomic E-state index is 12.9. The number of halogens is 1. The molecule has 1 unspecified atom stereocenters. The van der Waals surface area contributed by atoms with Crippen LogP contribution in [0.5, 0.6) is 0 Å². The molecular formula is C16H13FN2. The van der Waals surface area contributed by atoms with Gasteiger partial charge in [0.2, 0.25) is 0 Å². The zero-order valence-corrected chi connectivity index (χ0v) is 10.3. The molecule has 2 N–H and O–H groups in total. The Labute approximate surface area is 110 Å². The number of nitrogens with two attached hydrogens (primary N) is 1. The Balaban J connectivity index is 2.01. The van der Waals surface area contributed by atoms with Crippen LogP contribution >= 0.6 is 0 Å². The van der Waals surface area contributed by atoms with Crippen LogP contribution in [0.2, 0.25) is 0 Å². The van der Waals surface area contributed by atoms with Crippen LogP contribution in [0.1, 0.15) is 17.2 Å². The van der Waals surface area contributed by atoms with Crippen LogP contribution < -0.4 is 5.73 Å². The highest BCUT2D eigenvalue weighted by atomic mass is 19.1. The smallest absolute Gasteiger partial charge is 0.123 e. The fourth-order valence-corrected chi connectivity index (χ4v) is 2.14. The van der Waals surface area contributed by atoms with Gasteiger partial charge in [0.15, 0.2) is 0 Å². The third-order valence-corrected chi connectivity index (χ3v) is 3.22. The molecule has 3 aromatic rings. The van der Waals surface area contributed by atoms with Crippen molar-refractivity contribution in [2.24, 2.45) is 5.73 Å². The Kier molecular flexibility index (Phi) is 2.97. The Morgan fingerprint density at radius 2 is 1.68 bits per heavy atom. The fraction of sp³-hybridized carbons (Fsp3) is 0.0625. The summed E-state index contributed by atoms with van der Waals surface area (Å²) < 4.78 is 12.9. The molecule has 19 heavy (non-hydrogen) atoms. The standard InChI is InChI=1S/C16H13FN2/c17-14-7-5-12(6-8-14)16(18)13-4-3-11-2-1-9-19-15(11)10-13/h1-10,16H,18H2. The van der Waals surface area contributed by atoms with Gasteiger partial charge in [-0.05, 0) is 35.4 Å². The van der Waals surface area contributed by atoms with E-state index >= 15 is 0 Å². The zero-order valence-electron chi connectivity index (χ0n) is 10.3. The van der Waals surface area contributed by atoms with Crippen LogP contribution in [-0.2, 0) is 0 Å². The zero-order chi connectivity index (χ0) is 13.2. The van der Waals surface area contributed by atoms with Crippen molar-refractivity contribution in [2.75, 3.05) is 0 Å². The number of hydrogen-bond donors (Lipinski definition) is 1. The molecule has 2 nitrogen and oxygen atoms in total. The monoisotopic (exact) mass is 252 g/mol. The van der Waals surface area contributed by atoms with Crippen molar-refractivity contribution < 1.29 is 4.39 Å². The predicted octanol–water partition coefficient (Wildman–Crippen LogP) is 3.42. The SMILES string of the molecule is NC(c1ccc(F)cc1)c1ccc2cccnc2c1. The molecule has 1 heterocycles. The van der Waals surface area contributed by atoms with Crippen LogP contribution in [-0.4, -0.2) is 4.98 Å². The van der Waals surface area contributed by atoms with E-state index in [1.807, 2.05) is 30.3 Å². The second kappa shape index (κ2) is 4.78. The third kappa shape index (κ3) is 2.33. The first-order valence-electron chi connectivity index (χ1n) is 6.10. The summed E-state index contributed by atoms with van der Waals surface area (Å²) in [6.07, 6.45) is 1.76. The average molecular weight is 252 g/mol. The van der Waals surface area contributed by atoms with E-state index in [4.69, 9.17) is 5.73 Å². The minimum absolute atomic E-state index is 0.254. The maximum Gasteiger partial charge on any atom is 0.123 e. The van der Waals surface area contributed by atoms with E-state index in [1.165, 1.54) is 12.1 Å². The Hall–Kier alpha value is -2.26. The van der Waals surface area contributed by atoms with Gasteiger partial charge in [-0.25, -0.2) is 4.39 Å². The number of rotatable bonds is 2. The lowest BCUT2D eigenvalue weighted by atomic mass is 9.98. The largest absolute Gasteiger partial charge is 0.320 e. The quantitative estimate of drug-likeness (QED) is 0.759. The van der Waals surface area contributed by atoms with Crippen LogP contribution in [0.4, 0.5) is 4.39 Å². The van der Waals surface area contributed by atoms with E-state index in [0.717, 1.165) is 22.0 Å². The van der Waals surface area contributed by atoms with Gasteiger partial charge in [-0.15, -0.1) is 0 Å². The second-order valence-electron chi connectivity index (χ2n) is 4.48. The summed E-state index contributed by atoms with van der Waals surface area (Å²) in [6.45, 7) is 0. The number of fused-ring (bicyclic) bond motifs is 1. The molecule has 3 rings (SSSR count). The van der Waals surface area contributed by atoms with E-state index in [-0.39, 0.29) is 11.9 Å². The number of benzene rings is 2. The van der Waals surface area contributed by atoms with Crippen molar-refractivity contribution in [3.63, 3.8) is 0 Å². The highest BCUT2D eigenvalue weighted by molar-refractivity contribution is 5.79. The number of pyridine rings is 1. The van der Waals surface area contributed by atoms with E-state index in [2.05, 4.69) is 4.98 Å². The fourth-order valence-electron chi connectivity index (χ4n) is 2.14. The Bertz CT molecular complexity index is 707. The van der Waals surface area contributed by atoms with Gasteiger partial charge in [-0.3, -0.25) is 4.98 Å². The summed E-state index contributed by atoms with van der Waals surface area (Å²) in [6, 6.07) is 15.9. The van der Waals surface area contributed by atoms with Crippen LogP contribution in [0, 0.1) is 5.82 Å². The summed E-state index contributed by atoms with van der Waals surface area (Å²) in [5, 5.41) is 1.08. The number of hydrogen-bond acceptors (Lipinski definition) is 2. The molecule has 94 valence electrons. The predicted molar refractivity (Wildman–Crippen MR) is 74.2 cm³/mol. The molecule has 0 bridgehead atoms. The number of nitrogens with zero attached hydrogens (tertiary/aromatic N) is 1. The van der Waals surface area contributed by atoms with Crippen molar-refractivity contribution in [1.82, 2.24) is 4.98 Å². The molecule has 0 aliphatic rings. The lowest BCUT2D eigenvalue weighted by Crippen LogP contribution is -2.11. The van der Waals surface area contributed by atoms with Crippen molar-refractivity contribution >= 4 is 10.9 Å². The molecule has 1 atom stereocenters. The Morgan fingerprint density at radius 3 is 2.47 bits per heavy atom. The lowest BCUT2D eigenvalue weighted by molar-refractivity contribution is 0.626. The van der Waals surface area contributed by atoms with E-state index < -0.39 is 0 Å². The van der Waals surface area contributed by atoms with Gasteiger partial charge in [-0.2, -0.15) is 0 Å². The van der Waals surface area contributed by atoms with Gasteiger partial charge in [0.1, 0.15) is 5.82 Å². The number of aromatic nitrogens is 1. The molecule has 0 aliphatic carbocycles. The molecule has 0 fully saturated rings. The normalized spacial score (nSPS) is 12.5. The van der Waals surface area contributed by atoms with Crippen molar-refractivity contribution in [3.05, 3.63) is 77.7 Å². The molecule has 0 aliphatic heterocycles.